The SMILES string of the molecule is CCCNC(=O)C(CC)N(CCc1ccccc1)C(=O)CN(c1cccc(OC)c1)S(C)(=O)=O. The van der Waals surface area contributed by atoms with Crippen molar-refractivity contribution in [3.8, 4) is 5.75 Å². The summed E-state index contributed by atoms with van der Waals surface area (Å²) in [7, 11) is -2.29. The van der Waals surface area contributed by atoms with Crippen LogP contribution < -0.4 is 14.4 Å². The molecule has 186 valence electrons. The molecule has 0 spiro atoms. The lowest BCUT2D eigenvalue weighted by molar-refractivity contribution is -0.139. The van der Waals surface area contributed by atoms with E-state index >= 15 is 0 Å². The van der Waals surface area contributed by atoms with Crippen LogP contribution in [-0.2, 0) is 26.0 Å². The van der Waals surface area contributed by atoms with Crippen LogP contribution in [0.4, 0.5) is 5.69 Å². The first kappa shape index (κ1) is 27.2. The van der Waals surface area contributed by atoms with Crippen molar-refractivity contribution in [3.63, 3.8) is 0 Å². The van der Waals surface area contributed by atoms with Gasteiger partial charge in [0.1, 0.15) is 18.3 Å². The van der Waals surface area contributed by atoms with E-state index in [4.69, 9.17) is 4.74 Å². The molecule has 2 aromatic carbocycles. The number of rotatable bonds is 13. The van der Waals surface area contributed by atoms with E-state index in [1.807, 2.05) is 44.2 Å². The molecule has 0 aliphatic heterocycles. The molecule has 9 heteroatoms. The number of anilines is 1. The number of hydrogen-bond acceptors (Lipinski definition) is 5. The summed E-state index contributed by atoms with van der Waals surface area (Å²) in [5, 5.41) is 2.87. The van der Waals surface area contributed by atoms with Crippen LogP contribution in [0, 0.1) is 0 Å². The van der Waals surface area contributed by atoms with E-state index in [0.29, 0.717) is 30.8 Å². The van der Waals surface area contributed by atoms with Gasteiger partial charge in [-0.2, -0.15) is 0 Å². The van der Waals surface area contributed by atoms with E-state index in [2.05, 4.69) is 5.32 Å². The lowest BCUT2D eigenvalue weighted by Crippen LogP contribution is -2.53. The van der Waals surface area contributed by atoms with Gasteiger partial charge in [-0.25, -0.2) is 8.42 Å². The first-order chi connectivity index (χ1) is 16.2. The Morgan fingerprint density at radius 1 is 1.06 bits per heavy atom. The van der Waals surface area contributed by atoms with Gasteiger partial charge in [-0.3, -0.25) is 13.9 Å². The van der Waals surface area contributed by atoms with Gasteiger partial charge in [0.25, 0.3) is 0 Å². The fraction of sp³-hybridized carbons (Fsp3) is 0.440. The van der Waals surface area contributed by atoms with Gasteiger partial charge >= 0.3 is 0 Å². The van der Waals surface area contributed by atoms with Crippen LogP contribution in [0.25, 0.3) is 0 Å². The number of sulfonamides is 1. The second kappa shape index (κ2) is 13.0. The molecule has 34 heavy (non-hydrogen) atoms. The van der Waals surface area contributed by atoms with Crippen molar-refractivity contribution in [1.82, 2.24) is 10.2 Å². The molecule has 2 aromatic rings. The lowest BCUT2D eigenvalue weighted by Gasteiger charge is -2.33. The second-order valence-electron chi connectivity index (χ2n) is 8.01. The Labute approximate surface area is 202 Å². The average Bonchev–Trinajstić information content (AvgIpc) is 2.83. The molecule has 0 aromatic heterocycles. The summed E-state index contributed by atoms with van der Waals surface area (Å²) in [4.78, 5) is 27.9. The van der Waals surface area contributed by atoms with E-state index in [9.17, 15) is 18.0 Å². The Hall–Kier alpha value is -3.07. The number of methoxy groups -OCH3 is 1. The quantitative estimate of drug-likeness (QED) is 0.467. The van der Waals surface area contributed by atoms with Crippen LogP contribution in [0.15, 0.2) is 54.6 Å². The number of carbonyl (C=O) groups excluding carboxylic acids is 2. The average molecular weight is 490 g/mol. The van der Waals surface area contributed by atoms with Gasteiger partial charge in [-0.05, 0) is 37.0 Å². The number of nitrogens with one attached hydrogen (secondary N) is 1. The molecule has 1 unspecified atom stereocenters. The first-order valence-electron chi connectivity index (χ1n) is 11.4. The molecule has 0 aliphatic carbocycles. The van der Waals surface area contributed by atoms with Crippen LogP contribution in [0.3, 0.4) is 0 Å². The van der Waals surface area contributed by atoms with Crippen molar-refractivity contribution in [2.45, 2.75) is 39.2 Å². The molecule has 0 aliphatic rings. The van der Waals surface area contributed by atoms with Gasteiger partial charge in [0.2, 0.25) is 21.8 Å². The highest BCUT2D eigenvalue weighted by molar-refractivity contribution is 7.92. The zero-order valence-corrected chi connectivity index (χ0v) is 21.2. The third-order valence-electron chi connectivity index (χ3n) is 5.44. The number of carbonyl (C=O) groups is 2. The van der Waals surface area contributed by atoms with Crippen LogP contribution in [0.2, 0.25) is 0 Å². The maximum atomic E-state index is 13.5. The summed E-state index contributed by atoms with van der Waals surface area (Å²) in [6, 6.07) is 15.5. The molecule has 2 rings (SSSR count). The minimum Gasteiger partial charge on any atom is -0.497 e. The Morgan fingerprint density at radius 2 is 1.76 bits per heavy atom. The van der Waals surface area contributed by atoms with Crippen LogP contribution in [0.1, 0.15) is 32.3 Å². The molecule has 2 amide bonds. The Kier molecular flexibility index (Phi) is 10.4. The zero-order chi connectivity index (χ0) is 25.1. The van der Waals surface area contributed by atoms with Crippen LogP contribution in [0.5, 0.6) is 5.75 Å². The highest BCUT2D eigenvalue weighted by Crippen LogP contribution is 2.23. The molecule has 0 bridgehead atoms. The summed E-state index contributed by atoms with van der Waals surface area (Å²) in [6.45, 7) is 4.18. The van der Waals surface area contributed by atoms with Crippen molar-refractivity contribution >= 4 is 27.5 Å². The summed E-state index contributed by atoms with van der Waals surface area (Å²) in [5.41, 5.74) is 1.35. The summed E-state index contributed by atoms with van der Waals surface area (Å²) < 4.78 is 31.5. The molecule has 1 atom stereocenters. The van der Waals surface area contributed by atoms with Crippen molar-refractivity contribution in [2.75, 3.05) is 37.3 Å². The number of benzene rings is 2. The van der Waals surface area contributed by atoms with Crippen molar-refractivity contribution in [3.05, 3.63) is 60.2 Å². The minimum atomic E-state index is -3.78. The molecular formula is C25H35N3O5S. The maximum absolute atomic E-state index is 13.5. The van der Waals surface area contributed by atoms with Gasteiger partial charge in [0.05, 0.1) is 19.1 Å². The Morgan fingerprint density at radius 3 is 2.35 bits per heavy atom. The second-order valence-corrected chi connectivity index (χ2v) is 9.92. The van der Waals surface area contributed by atoms with E-state index in [0.717, 1.165) is 22.5 Å². The fourth-order valence-corrected chi connectivity index (χ4v) is 4.48. The summed E-state index contributed by atoms with van der Waals surface area (Å²) >= 11 is 0. The topological polar surface area (TPSA) is 96.0 Å². The third-order valence-corrected chi connectivity index (χ3v) is 6.58. The lowest BCUT2D eigenvalue weighted by atomic mass is 10.1. The zero-order valence-electron chi connectivity index (χ0n) is 20.4. The summed E-state index contributed by atoms with van der Waals surface area (Å²) in [5.74, 6) is -0.203. The first-order valence-corrected chi connectivity index (χ1v) is 13.3. The maximum Gasteiger partial charge on any atom is 0.244 e. The van der Waals surface area contributed by atoms with E-state index in [1.165, 1.54) is 12.0 Å². The van der Waals surface area contributed by atoms with Crippen molar-refractivity contribution < 1.29 is 22.7 Å². The smallest absolute Gasteiger partial charge is 0.244 e. The van der Waals surface area contributed by atoms with Gasteiger partial charge in [-0.15, -0.1) is 0 Å². The number of ether oxygens (including phenoxy) is 1. The van der Waals surface area contributed by atoms with Gasteiger partial charge in [-0.1, -0.05) is 50.2 Å². The van der Waals surface area contributed by atoms with E-state index < -0.39 is 28.5 Å². The molecule has 1 N–H and O–H groups in total. The predicted octanol–water partition coefficient (Wildman–Crippen LogP) is 2.84. The van der Waals surface area contributed by atoms with Crippen LogP contribution in [-0.4, -0.2) is 64.2 Å². The van der Waals surface area contributed by atoms with Gasteiger partial charge < -0.3 is 15.0 Å². The Balaban J connectivity index is 2.35. The molecule has 0 saturated carbocycles. The highest BCUT2D eigenvalue weighted by atomic mass is 32.2. The standard InChI is InChI=1S/C25H35N3O5S/c1-5-16-26-25(30)23(6-2)27(17-15-20-11-8-7-9-12-20)24(29)19-28(34(4,31)32)21-13-10-14-22(18-21)33-3/h7-14,18,23H,5-6,15-17,19H2,1-4H3,(H,26,30). The molecule has 0 fully saturated rings. The minimum absolute atomic E-state index is 0.238. The highest BCUT2D eigenvalue weighted by Gasteiger charge is 2.31. The van der Waals surface area contributed by atoms with Gasteiger partial charge in [0.15, 0.2) is 0 Å². The number of amides is 2. The third kappa shape index (κ3) is 7.76. The summed E-state index contributed by atoms with van der Waals surface area (Å²) in [6.07, 6.45) is 2.79. The van der Waals surface area contributed by atoms with Crippen molar-refractivity contribution in [2.24, 2.45) is 0 Å². The molecular weight excluding hydrogens is 454 g/mol. The predicted molar refractivity (Wildman–Crippen MR) is 134 cm³/mol. The molecule has 0 saturated heterocycles. The van der Waals surface area contributed by atoms with Gasteiger partial charge in [0, 0.05) is 19.2 Å². The number of nitrogens with zero attached hydrogens (tertiary/aromatic N) is 2. The van der Waals surface area contributed by atoms with E-state index in [1.54, 1.807) is 24.3 Å². The number of hydrogen-bond donors (Lipinski definition) is 1. The van der Waals surface area contributed by atoms with E-state index in [-0.39, 0.29) is 12.5 Å². The monoisotopic (exact) mass is 489 g/mol. The van der Waals surface area contributed by atoms with Crippen molar-refractivity contribution in [1.29, 1.82) is 0 Å². The fourth-order valence-electron chi connectivity index (χ4n) is 3.64. The molecule has 0 heterocycles. The Bertz CT molecular complexity index is 1040. The van der Waals surface area contributed by atoms with Crippen LogP contribution >= 0.6 is 0 Å². The molecule has 8 nitrogen and oxygen atoms in total. The molecule has 0 radical (unpaired) electrons. The largest absolute Gasteiger partial charge is 0.497 e. The normalized spacial score (nSPS) is 12.0.